The van der Waals surface area contributed by atoms with Gasteiger partial charge in [0.05, 0.1) is 0 Å². The first-order valence-corrected chi connectivity index (χ1v) is 8.81. The lowest BCUT2D eigenvalue weighted by molar-refractivity contribution is -0.132. The van der Waals surface area contributed by atoms with E-state index in [1.807, 2.05) is 0 Å². The summed E-state index contributed by atoms with van der Waals surface area (Å²) < 4.78 is 10.5. The molecule has 136 valence electrons. The van der Waals surface area contributed by atoms with Crippen LogP contribution in [-0.4, -0.2) is 73.1 Å². The van der Waals surface area contributed by atoms with Crippen LogP contribution in [0.4, 0.5) is 0 Å². The van der Waals surface area contributed by atoms with Gasteiger partial charge in [0.25, 0.3) is 5.91 Å². The summed E-state index contributed by atoms with van der Waals surface area (Å²) in [5, 5.41) is 2.43. The highest BCUT2D eigenvalue weighted by atomic mass is 35.5. The lowest BCUT2D eigenvalue weighted by Gasteiger charge is -2.35. The molecule has 1 unspecified atom stereocenters. The molecule has 1 aromatic rings. The van der Waals surface area contributed by atoms with Crippen LogP contribution in [0.3, 0.4) is 0 Å². The van der Waals surface area contributed by atoms with Gasteiger partial charge in [0.15, 0.2) is 11.5 Å². The van der Waals surface area contributed by atoms with Crippen LogP contribution in [0.1, 0.15) is 17.3 Å². The fourth-order valence-electron chi connectivity index (χ4n) is 2.91. The Morgan fingerprint density at radius 3 is 2.64 bits per heavy atom. The highest BCUT2D eigenvalue weighted by molar-refractivity contribution is 6.30. The van der Waals surface area contributed by atoms with Crippen LogP contribution in [-0.2, 0) is 4.79 Å². The predicted molar refractivity (Wildman–Crippen MR) is 93.2 cm³/mol. The fraction of sp³-hybridized carbons (Fsp3) is 0.529. The van der Waals surface area contributed by atoms with Gasteiger partial charge in [-0.1, -0.05) is 0 Å². The molecule has 0 aliphatic carbocycles. The normalized spacial score (nSPS) is 18.1. The topological polar surface area (TPSA) is 71.1 Å². The van der Waals surface area contributed by atoms with Crippen molar-refractivity contribution in [1.82, 2.24) is 15.1 Å². The van der Waals surface area contributed by atoms with Gasteiger partial charge >= 0.3 is 0 Å². The second kappa shape index (κ2) is 7.93. The number of hydrogen-bond acceptors (Lipinski definition) is 5. The minimum atomic E-state index is -0.479. The summed E-state index contributed by atoms with van der Waals surface area (Å²) in [6, 6.07) is 5.15. The van der Waals surface area contributed by atoms with E-state index in [1.165, 1.54) is 0 Å². The first-order valence-electron chi connectivity index (χ1n) is 8.37. The van der Waals surface area contributed by atoms with Crippen LogP contribution in [0.25, 0.3) is 0 Å². The number of halogens is 1. The largest absolute Gasteiger partial charge is 0.454 e. The number of carbonyl (C=O) groups is 2. The van der Waals surface area contributed by atoms with Crippen LogP contribution < -0.4 is 14.8 Å². The Hall–Kier alpha value is -1.99. The summed E-state index contributed by atoms with van der Waals surface area (Å²) in [6.07, 6.45) is 0. The molecule has 1 N–H and O–H groups in total. The van der Waals surface area contributed by atoms with Crippen molar-refractivity contribution in [1.29, 1.82) is 0 Å². The van der Waals surface area contributed by atoms with Gasteiger partial charge in [0.1, 0.15) is 5.38 Å². The Bertz CT molecular complexity index is 645. The second-order valence-corrected chi connectivity index (χ2v) is 6.76. The van der Waals surface area contributed by atoms with Gasteiger partial charge in [-0.25, -0.2) is 0 Å². The molecular weight excluding hydrogens is 346 g/mol. The van der Waals surface area contributed by atoms with E-state index in [1.54, 1.807) is 30.0 Å². The average Bonchev–Trinajstić information content (AvgIpc) is 3.09. The van der Waals surface area contributed by atoms with E-state index in [0.717, 1.165) is 19.6 Å². The van der Waals surface area contributed by atoms with E-state index in [4.69, 9.17) is 21.1 Å². The number of rotatable bonds is 5. The van der Waals surface area contributed by atoms with Crippen molar-refractivity contribution < 1.29 is 19.1 Å². The van der Waals surface area contributed by atoms with Gasteiger partial charge in [-0.2, -0.15) is 0 Å². The van der Waals surface area contributed by atoms with Crippen molar-refractivity contribution in [3.63, 3.8) is 0 Å². The first kappa shape index (κ1) is 17.8. The summed E-state index contributed by atoms with van der Waals surface area (Å²) in [6.45, 7) is 6.10. The molecule has 2 heterocycles. The standard InChI is InChI=1S/C17H22ClN3O4/c1-12(18)17(23)21-8-6-20(7-9-21)5-4-19-16(22)13-2-3-14-15(10-13)25-11-24-14/h2-3,10,12H,4-9,11H2,1H3,(H,19,22). The van der Waals surface area contributed by atoms with Gasteiger partial charge in [0, 0.05) is 44.8 Å². The lowest BCUT2D eigenvalue weighted by atomic mass is 10.2. The zero-order chi connectivity index (χ0) is 17.8. The molecule has 3 rings (SSSR count). The highest BCUT2D eigenvalue weighted by Gasteiger charge is 2.23. The maximum atomic E-state index is 12.2. The first-order chi connectivity index (χ1) is 12.0. The number of nitrogens with zero attached hydrogens (tertiary/aromatic N) is 2. The second-order valence-electron chi connectivity index (χ2n) is 6.11. The van der Waals surface area contributed by atoms with Gasteiger partial charge in [0.2, 0.25) is 12.7 Å². The van der Waals surface area contributed by atoms with Crippen molar-refractivity contribution >= 4 is 23.4 Å². The Morgan fingerprint density at radius 2 is 1.92 bits per heavy atom. The monoisotopic (exact) mass is 367 g/mol. The van der Waals surface area contributed by atoms with Crippen LogP contribution in [0.5, 0.6) is 11.5 Å². The van der Waals surface area contributed by atoms with Crippen LogP contribution in [0, 0.1) is 0 Å². The number of carbonyl (C=O) groups excluding carboxylic acids is 2. The smallest absolute Gasteiger partial charge is 0.251 e. The van der Waals surface area contributed by atoms with Gasteiger partial charge in [-0.15, -0.1) is 11.6 Å². The minimum Gasteiger partial charge on any atom is -0.454 e. The maximum Gasteiger partial charge on any atom is 0.251 e. The molecule has 0 aromatic heterocycles. The number of hydrogen-bond donors (Lipinski definition) is 1. The third-order valence-electron chi connectivity index (χ3n) is 4.37. The minimum absolute atomic E-state index is 0.0163. The van der Waals surface area contributed by atoms with E-state index in [9.17, 15) is 9.59 Å². The van der Waals surface area contributed by atoms with Crippen LogP contribution in [0.2, 0.25) is 0 Å². The molecule has 1 aromatic carbocycles. The van der Waals surface area contributed by atoms with E-state index in [-0.39, 0.29) is 18.6 Å². The molecule has 0 saturated carbocycles. The molecule has 25 heavy (non-hydrogen) atoms. The number of ether oxygens (including phenoxy) is 2. The summed E-state index contributed by atoms with van der Waals surface area (Å²) in [7, 11) is 0. The molecule has 2 aliphatic heterocycles. The Morgan fingerprint density at radius 1 is 1.20 bits per heavy atom. The SMILES string of the molecule is CC(Cl)C(=O)N1CCN(CCNC(=O)c2ccc3c(c2)OCO3)CC1. The van der Waals surface area contributed by atoms with Crippen molar-refractivity contribution in [3.05, 3.63) is 23.8 Å². The van der Waals surface area contributed by atoms with Crippen LogP contribution in [0.15, 0.2) is 18.2 Å². The molecule has 1 saturated heterocycles. The number of benzene rings is 1. The number of piperazine rings is 1. The average molecular weight is 368 g/mol. The molecule has 0 spiro atoms. The number of fused-ring (bicyclic) bond motifs is 1. The number of amides is 2. The summed E-state index contributed by atoms with van der Waals surface area (Å²) in [4.78, 5) is 28.1. The van der Waals surface area contributed by atoms with Gasteiger partial charge < -0.3 is 19.7 Å². The molecule has 0 radical (unpaired) electrons. The maximum absolute atomic E-state index is 12.2. The van der Waals surface area contributed by atoms with E-state index >= 15 is 0 Å². The van der Waals surface area contributed by atoms with Crippen molar-refractivity contribution in [2.24, 2.45) is 0 Å². The molecular formula is C17H22ClN3O4. The molecule has 0 bridgehead atoms. The molecule has 2 aliphatic rings. The van der Waals surface area contributed by atoms with Crippen molar-refractivity contribution in [3.8, 4) is 11.5 Å². The van der Waals surface area contributed by atoms with Crippen molar-refractivity contribution in [2.75, 3.05) is 46.1 Å². The number of nitrogens with one attached hydrogen (secondary N) is 1. The Kier molecular flexibility index (Phi) is 5.65. The summed E-state index contributed by atoms with van der Waals surface area (Å²) in [5.41, 5.74) is 0.552. The molecule has 8 heteroatoms. The van der Waals surface area contributed by atoms with E-state index in [0.29, 0.717) is 36.7 Å². The quantitative estimate of drug-likeness (QED) is 0.783. The van der Waals surface area contributed by atoms with Gasteiger partial charge in [-0.05, 0) is 25.1 Å². The highest BCUT2D eigenvalue weighted by Crippen LogP contribution is 2.32. The predicted octanol–water partition coefficient (Wildman–Crippen LogP) is 0.917. The fourth-order valence-corrected chi connectivity index (χ4v) is 3.05. The Balaban J connectivity index is 1.40. The van der Waals surface area contributed by atoms with Crippen LogP contribution >= 0.6 is 11.6 Å². The van der Waals surface area contributed by atoms with E-state index < -0.39 is 5.38 Å². The number of alkyl halides is 1. The third-order valence-corrected chi connectivity index (χ3v) is 4.56. The summed E-state index contributed by atoms with van der Waals surface area (Å²) in [5.74, 6) is 1.11. The van der Waals surface area contributed by atoms with Gasteiger partial charge in [-0.3, -0.25) is 14.5 Å². The summed E-state index contributed by atoms with van der Waals surface area (Å²) >= 11 is 5.84. The molecule has 2 amide bonds. The molecule has 1 fully saturated rings. The lowest BCUT2D eigenvalue weighted by Crippen LogP contribution is -2.51. The molecule has 1 atom stereocenters. The third kappa shape index (κ3) is 4.35. The zero-order valence-corrected chi connectivity index (χ0v) is 14.9. The Labute approximate surface area is 151 Å². The zero-order valence-electron chi connectivity index (χ0n) is 14.2. The molecule has 7 nitrogen and oxygen atoms in total. The van der Waals surface area contributed by atoms with E-state index in [2.05, 4.69) is 10.2 Å². The van der Waals surface area contributed by atoms with Crippen molar-refractivity contribution in [2.45, 2.75) is 12.3 Å².